The van der Waals surface area contributed by atoms with Crippen molar-refractivity contribution in [3.63, 3.8) is 0 Å². The van der Waals surface area contributed by atoms with Crippen molar-refractivity contribution in [2.75, 3.05) is 32.2 Å². The van der Waals surface area contributed by atoms with E-state index in [1.165, 1.54) is 19.6 Å². The monoisotopic (exact) mass is 424 g/mol. The van der Waals surface area contributed by atoms with Gasteiger partial charge in [-0.2, -0.15) is 0 Å². The highest BCUT2D eigenvalue weighted by molar-refractivity contribution is 5.86. The Kier molecular flexibility index (Phi) is 3.67. The van der Waals surface area contributed by atoms with Crippen LogP contribution in [-0.2, 0) is 29.2 Å². The van der Waals surface area contributed by atoms with Gasteiger partial charge in [0, 0.05) is 38.5 Å². The van der Waals surface area contributed by atoms with Crippen molar-refractivity contribution in [3.05, 3.63) is 41.5 Å². The van der Waals surface area contributed by atoms with Crippen molar-refractivity contribution >= 4 is 17.6 Å². The zero-order valence-electron chi connectivity index (χ0n) is 18.4. The second kappa shape index (κ2) is 5.90. The molecule has 164 valence electrons. The lowest BCUT2D eigenvalue weighted by Crippen LogP contribution is -2.80. The number of esters is 2. The number of carbonyl (C=O) groups excluding carboxylic acids is 2. The first-order valence-electron chi connectivity index (χ1n) is 11.0. The van der Waals surface area contributed by atoms with E-state index >= 15 is 0 Å². The van der Waals surface area contributed by atoms with Crippen LogP contribution in [-0.4, -0.2) is 62.1 Å². The molecule has 7 heteroatoms. The van der Waals surface area contributed by atoms with Crippen LogP contribution in [0.5, 0.6) is 0 Å². The van der Waals surface area contributed by atoms with E-state index in [4.69, 9.17) is 14.2 Å². The number of rotatable bonds is 3. The quantitative estimate of drug-likeness (QED) is 0.544. The maximum absolute atomic E-state index is 13.9. The molecule has 6 unspecified atom stereocenters. The lowest BCUT2D eigenvalue weighted by Gasteiger charge is -2.65. The summed E-state index contributed by atoms with van der Waals surface area (Å²) >= 11 is 0. The van der Waals surface area contributed by atoms with Gasteiger partial charge in [0.1, 0.15) is 18.2 Å². The molecule has 3 saturated heterocycles. The molecule has 4 heterocycles. The molecule has 6 atom stereocenters. The molecule has 0 N–H and O–H groups in total. The predicted octanol–water partition coefficient (Wildman–Crippen LogP) is 2.20. The van der Waals surface area contributed by atoms with Gasteiger partial charge in [-0.3, -0.25) is 14.5 Å². The number of allylic oxidation sites excluding steroid dienone is 1. The molecule has 1 aromatic carbocycles. The molecule has 1 saturated carbocycles. The average Bonchev–Trinajstić information content (AvgIpc) is 3.38. The van der Waals surface area contributed by atoms with E-state index in [0.717, 1.165) is 24.2 Å². The second-order valence-corrected chi connectivity index (χ2v) is 9.54. The van der Waals surface area contributed by atoms with Crippen LogP contribution in [0.3, 0.4) is 0 Å². The van der Waals surface area contributed by atoms with E-state index < -0.39 is 16.6 Å². The Balaban J connectivity index is 1.72. The molecule has 0 amide bonds. The molecular weight excluding hydrogens is 396 g/mol. The Morgan fingerprint density at radius 2 is 2.10 bits per heavy atom. The summed E-state index contributed by atoms with van der Waals surface area (Å²) in [5, 5.41) is 0. The number of benzene rings is 1. The molecule has 0 aromatic heterocycles. The summed E-state index contributed by atoms with van der Waals surface area (Å²) in [5.41, 5.74) is 0.957. The van der Waals surface area contributed by atoms with Gasteiger partial charge >= 0.3 is 11.9 Å². The highest BCUT2D eigenvalue weighted by Gasteiger charge is 2.88. The Labute approximate surface area is 181 Å². The normalized spacial score (nSPS) is 42.6. The number of para-hydroxylation sites is 1. The zero-order valence-corrected chi connectivity index (χ0v) is 18.4. The number of hydrogen-bond acceptors (Lipinski definition) is 7. The van der Waals surface area contributed by atoms with Crippen molar-refractivity contribution in [1.82, 2.24) is 4.90 Å². The first-order chi connectivity index (χ1) is 14.9. The summed E-state index contributed by atoms with van der Waals surface area (Å²) in [6.07, 6.45) is 3.48. The van der Waals surface area contributed by atoms with Crippen LogP contribution in [0.25, 0.3) is 0 Å². The fraction of sp³-hybridized carbons (Fsp3) is 0.583. The summed E-state index contributed by atoms with van der Waals surface area (Å²) < 4.78 is 18.1. The van der Waals surface area contributed by atoms with E-state index in [2.05, 4.69) is 35.1 Å². The van der Waals surface area contributed by atoms with Gasteiger partial charge < -0.3 is 19.1 Å². The fourth-order valence-electron chi connectivity index (χ4n) is 7.98. The topological polar surface area (TPSA) is 68.3 Å². The molecule has 6 rings (SSSR count). The van der Waals surface area contributed by atoms with Crippen molar-refractivity contribution in [2.45, 2.75) is 50.1 Å². The molecule has 5 aliphatic rings. The second-order valence-electron chi connectivity index (χ2n) is 9.54. The summed E-state index contributed by atoms with van der Waals surface area (Å²) in [6, 6.07) is 8.44. The highest BCUT2D eigenvalue weighted by atomic mass is 16.6. The minimum Gasteiger partial charge on any atom is -0.468 e. The maximum Gasteiger partial charge on any atom is 0.317 e. The number of carbonyl (C=O) groups is 2. The fourth-order valence-corrected chi connectivity index (χ4v) is 7.98. The van der Waals surface area contributed by atoms with Crippen molar-refractivity contribution in [2.24, 2.45) is 11.3 Å². The standard InChI is InChI=1S/C24H28N2O5/c1-5-15-12-26-19-10-17(15)22(21(28)29-4,13-30-14(2)27)23-11-20(26)31-24(19,23)25(3)18-9-7-6-8-16(18)23/h5-9,17,19-20H,10-13H2,1-4H3/b15-5-. The molecule has 4 aliphatic heterocycles. The first-order valence-corrected chi connectivity index (χ1v) is 11.0. The van der Waals surface area contributed by atoms with E-state index in [-0.39, 0.29) is 36.7 Å². The van der Waals surface area contributed by atoms with Gasteiger partial charge in [0.05, 0.1) is 18.6 Å². The zero-order chi connectivity index (χ0) is 21.8. The van der Waals surface area contributed by atoms with Gasteiger partial charge in [-0.1, -0.05) is 29.8 Å². The first kappa shape index (κ1) is 19.3. The number of ether oxygens (including phenoxy) is 3. The van der Waals surface area contributed by atoms with Crippen LogP contribution in [0.1, 0.15) is 32.3 Å². The molecule has 7 nitrogen and oxygen atoms in total. The van der Waals surface area contributed by atoms with Crippen LogP contribution in [0, 0.1) is 11.3 Å². The molecule has 1 aliphatic carbocycles. The third-order valence-corrected chi connectivity index (χ3v) is 8.91. The van der Waals surface area contributed by atoms with Crippen LogP contribution in [0.15, 0.2) is 35.9 Å². The minimum absolute atomic E-state index is 0.0102. The Morgan fingerprint density at radius 1 is 1.32 bits per heavy atom. The Morgan fingerprint density at radius 3 is 2.81 bits per heavy atom. The summed E-state index contributed by atoms with van der Waals surface area (Å²) in [5.74, 6) is -0.787. The number of likely N-dealkylation sites (N-methyl/N-ethyl adjacent to an activating group) is 1. The lowest BCUT2D eigenvalue weighted by molar-refractivity contribution is -0.199. The average molecular weight is 424 g/mol. The largest absolute Gasteiger partial charge is 0.468 e. The number of nitrogens with zero attached hydrogens (tertiary/aromatic N) is 2. The summed E-state index contributed by atoms with van der Waals surface area (Å²) in [7, 11) is 3.52. The highest BCUT2D eigenvalue weighted by Crippen LogP contribution is 2.77. The third-order valence-electron chi connectivity index (χ3n) is 8.91. The number of fused-ring (bicyclic) bond motifs is 4. The molecular formula is C24H28N2O5. The van der Waals surface area contributed by atoms with E-state index in [1.807, 2.05) is 19.1 Å². The van der Waals surface area contributed by atoms with Crippen LogP contribution in [0.4, 0.5) is 5.69 Å². The SMILES string of the molecule is C/C=C1/CN2C3CC45c6ccccc6N(C)C4(O3)C2CC1C5(COC(C)=O)C(=O)OC. The minimum atomic E-state index is -1.06. The Hall–Kier alpha value is -2.38. The van der Waals surface area contributed by atoms with E-state index in [0.29, 0.717) is 6.42 Å². The lowest BCUT2D eigenvalue weighted by atomic mass is 9.42. The molecule has 31 heavy (non-hydrogen) atoms. The molecule has 0 radical (unpaired) electrons. The van der Waals surface area contributed by atoms with Crippen molar-refractivity contribution in [3.8, 4) is 0 Å². The molecule has 4 bridgehead atoms. The number of methoxy groups -OCH3 is 1. The Bertz CT molecular complexity index is 1040. The summed E-state index contributed by atoms with van der Waals surface area (Å²) in [4.78, 5) is 30.7. The van der Waals surface area contributed by atoms with Gasteiger partial charge in [-0.25, -0.2) is 0 Å². The van der Waals surface area contributed by atoms with Crippen molar-refractivity contribution in [1.29, 1.82) is 0 Å². The van der Waals surface area contributed by atoms with Gasteiger partial charge in [-0.15, -0.1) is 0 Å². The number of piperidine rings is 2. The third kappa shape index (κ3) is 1.79. The molecule has 1 spiro atoms. The molecule has 1 aromatic rings. The van der Waals surface area contributed by atoms with Gasteiger partial charge in [-0.05, 0) is 25.0 Å². The van der Waals surface area contributed by atoms with Crippen LogP contribution >= 0.6 is 0 Å². The van der Waals surface area contributed by atoms with E-state index in [9.17, 15) is 9.59 Å². The maximum atomic E-state index is 13.9. The smallest absolute Gasteiger partial charge is 0.317 e. The number of anilines is 1. The van der Waals surface area contributed by atoms with E-state index in [1.54, 1.807) is 0 Å². The molecule has 4 fully saturated rings. The number of hydrogen-bond donors (Lipinski definition) is 0. The van der Waals surface area contributed by atoms with Gasteiger partial charge in [0.15, 0.2) is 5.72 Å². The predicted molar refractivity (Wildman–Crippen MR) is 112 cm³/mol. The van der Waals surface area contributed by atoms with Gasteiger partial charge in [0.2, 0.25) is 0 Å². The van der Waals surface area contributed by atoms with Crippen LogP contribution in [0.2, 0.25) is 0 Å². The van der Waals surface area contributed by atoms with Crippen molar-refractivity contribution < 1.29 is 23.8 Å². The van der Waals surface area contributed by atoms with Gasteiger partial charge in [0.25, 0.3) is 0 Å². The summed E-state index contributed by atoms with van der Waals surface area (Å²) in [6.45, 7) is 4.18. The van der Waals surface area contributed by atoms with Crippen LogP contribution < -0.4 is 4.90 Å².